The Kier molecular flexibility index (Phi) is 4.72. The van der Waals surface area contributed by atoms with Gasteiger partial charge in [-0.1, -0.05) is 15.9 Å². The number of hydrogen-bond acceptors (Lipinski definition) is 3. The fourth-order valence-corrected chi connectivity index (χ4v) is 2.83. The fraction of sp³-hybridized carbons (Fsp3) is 0.154. The number of benzene rings is 1. The van der Waals surface area contributed by atoms with Gasteiger partial charge >= 0.3 is 0 Å². The Bertz CT molecular complexity index is 622. The van der Waals surface area contributed by atoms with E-state index in [1.165, 1.54) is 30.4 Å². The summed E-state index contributed by atoms with van der Waals surface area (Å²) in [6.07, 6.45) is 0. The molecule has 0 saturated heterocycles. The molecular formula is C13H11BrF2N2OS. The summed E-state index contributed by atoms with van der Waals surface area (Å²) in [5.41, 5.74) is 0.461. The monoisotopic (exact) mass is 360 g/mol. The number of nitrogens with one attached hydrogen (secondary N) is 2. The van der Waals surface area contributed by atoms with Crippen LogP contribution in [0.1, 0.15) is 11.8 Å². The summed E-state index contributed by atoms with van der Waals surface area (Å²) < 4.78 is 27.6. The van der Waals surface area contributed by atoms with Crippen LogP contribution in [0.25, 0.3) is 0 Å². The van der Waals surface area contributed by atoms with Gasteiger partial charge in [0.15, 0.2) is 0 Å². The maximum Gasteiger partial charge on any atom is 0.221 e. The van der Waals surface area contributed by atoms with Crippen LogP contribution in [0.4, 0.5) is 20.2 Å². The topological polar surface area (TPSA) is 41.1 Å². The van der Waals surface area contributed by atoms with Gasteiger partial charge in [-0.05, 0) is 23.6 Å². The van der Waals surface area contributed by atoms with Gasteiger partial charge in [-0.3, -0.25) is 4.79 Å². The predicted octanol–water partition coefficient (Wildman–Crippen LogP) is 4.36. The Hall–Kier alpha value is -1.47. The molecule has 7 heteroatoms. The number of halogens is 3. The summed E-state index contributed by atoms with van der Waals surface area (Å²) in [5, 5.41) is 7.18. The van der Waals surface area contributed by atoms with Crippen LogP contribution in [0.5, 0.6) is 0 Å². The van der Waals surface area contributed by atoms with Crippen LogP contribution in [0.2, 0.25) is 0 Å². The van der Waals surface area contributed by atoms with E-state index in [0.717, 1.165) is 4.88 Å². The second kappa shape index (κ2) is 6.32. The van der Waals surface area contributed by atoms with Crippen molar-refractivity contribution in [3.63, 3.8) is 0 Å². The molecule has 106 valence electrons. The van der Waals surface area contributed by atoms with Gasteiger partial charge in [-0.15, -0.1) is 11.3 Å². The number of hydrogen-bond donors (Lipinski definition) is 2. The molecule has 0 unspecified atom stereocenters. The van der Waals surface area contributed by atoms with Crippen LogP contribution >= 0.6 is 27.3 Å². The highest BCUT2D eigenvalue weighted by molar-refractivity contribution is 9.10. The van der Waals surface area contributed by atoms with Crippen molar-refractivity contribution in [1.29, 1.82) is 0 Å². The first-order valence-corrected chi connectivity index (χ1v) is 7.37. The molecule has 1 aromatic heterocycles. The normalized spacial score (nSPS) is 10.4. The quantitative estimate of drug-likeness (QED) is 0.850. The van der Waals surface area contributed by atoms with Crippen molar-refractivity contribution in [1.82, 2.24) is 0 Å². The molecule has 0 radical (unpaired) electrons. The average Bonchev–Trinajstić information content (AvgIpc) is 2.74. The van der Waals surface area contributed by atoms with Crippen molar-refractivity contribution >= 4 is 44.5 Å². The maximum atomic E-state index is 13.7. The highest BCUT2D eigenvalue weighted by Crippen LogP contribution is 2.27. The number of carbonyl (C=O) groups is 1. The van der Waals surface area contributed by atoms with Crippen LogP contribution in [0.3, 0.4) is 0 Å². The molecule has 0 bridgehead atoms. The molecule has 1 aromatic carbocycles. The second-order valence-electron chi connectivity index (χ2n) is 4.04. The molecule has 0 aliphatic rings. The Morgan fingerprint density at radius 3 is 2.60 bits per heavy atom. The van der Waals surface area contributed by atoms with Gasteiger partial charge < -0.3 is 10.6 Å². The van der Waals surface area contributed by atoms with E-state index in [-0.39, 0.29) is 18.1 Å². The largest absolute Gasteiger partial charge is 0.375 e. The van der Waals surface area contributed by atoms with Crippen LogP contribution in [-0.4, -0.2) is 5.91 Å². The van der Waals surface area contributed by atoms with E-state index in [2.05, 4.69) is 26.6 Å². The molecule has 0 aliphatic carbocycles. The van der Waals surface area contributed by atoms with Crippen molar-refractivity contribution < 1.29 is 13.6 Å². The van der Waals surface area contributed by atoms with E-state index in [9.17, 15) is 13.6 Å². The Morgan fingerprint density at radius 1 is 1.35 bits per heavy atom. The molecule has 20 heavy (non-hydrogen) atoms. The summed E-state index contributed by atoms with van der Waals surface area (Å²) in [6, 6.07) is 4.13. The van der Waals surface area contributed by atoms with E-state index < -0.39 is 11.6 Å². The minimum Gasteiger partial charge on any atom is -0.375 e. The summed E-state index contributed by atoms with van der Waals surface area (Å²) in [4.78, 5) is 11.8. The van der Waals surface area contributed by atoms with Crippen LogP contribution in [0.15, 0.2) is 28.1 Å². The highest BCUT2D eigenvalue weighted by atomic mass is 79.9. The van der Waals surface area contributed by atoms with Gasteiger partial charge in [-0.2, -0.15) is 0 Å². The van der Waals surface area contributed by atoms with E-state index in [1.807, 2.05) is 0 Å². The van der Waals surface area contributed by atoms with E-state index >= 15 is 0 Å². The lowest BCUT2D eigenvalue weighted by atomic mass is 10.3. The predicted molar refractivity (Wildman–Crippen MR) is 80.0 cm³/mol. The lowest BCUT2D eigenvalue weighted by molar-refractivity contribution is -0.114. The third kappa shape index (κ3) is 3.55. The van der Waals surface area contributed by atoms with Gasteiger partial charge in [-0.25, -0.2) is 8.78 Å². The minimum atomic E-state index is -0.672. The summed E-state index contributed by atoms with van der Waals surface area (Å²) in [6.45, 7) is 1.63. The van der Waals surface area contributed by atoms with Gasteiger partial charge in [0, 0.05) is 16.3 Å². The minimum absolute atomic E-state index is 0.185. The lowest BCUT2D eigenvalue weighted by Gasteiger charge is -2.10. The Labute approximate surface area is 127 Å². The second-order valence-corrected chi connectivity index (χ2v) is 5.95. The zero-order chi connectivity index (χ0) is 14.7. The number of anilines is 2. The Morgan fingerprint density at radius 2 is 2.00 bits per heavy atom. The molecule has 0 atom stereocenters. The summed E-state index contributed by atoms with van der Waals surface area (Å²) >= 11 is 4.42. The van der Waals surface area contributed by atoms with E-state index in [0.29, 0.717) is 10.2 Å². The highest BCUT2D eigenvalue weighted by Gasteiger charge is 2.12. The van der Waals surface area contributed by atoms with Crippen LogP contribution in [0, 0.1) is 11.6 Å². The standard InChI is InChI=1S/C13H11BrF2N2OS/c1-7(19)18-11-2-3-20-12(11)6-17-13-9(15)4-8(14)5-10(13)16/h2-5,17H,6H2,1H3,(H,18,19). The van der Waals surface area contributed by atoms with Crippen molar-refractivity contribution in [2.45, 2.75) is 13.5 Å². The molecule has 1 heterocycles. The average molecular weight is 361 g/mol. The maximum absolute atomic E-state index is 13.7. The summed E-state index contributed by atoms with van der Waals surface area (Å²) in [7, 11) is 0. The van der Waals surface area contributed by atoms with Crippen LogP contribution in [-0.2, 0) is 11.3 Å². The SMILES string of the molecule is CC(=O)Nc1ccsc1CNc1c(F)cc(Br)cc1F. The first kappa shape index (κ1) is 14.9. The third-order valence-electron chi connectivity index (χ3n) is 2.49. The lowest BCUT2D eigenvalue weighted by Crippen LogP contribution is -2.09. The molecule has 2 aromatic rings. The van der Waals surface area contributed by atoms with Gasteiger partial charge in [0.25, 0.3) is 0 Å². The van der Waals surface area contributed by atoms with E-state index in [4.69, 9.17) is 0 Å². The van der Waals surface area contributed by atoms with Gasteiger partial charge in [0.05, 0.1) is 12.2 Å². The fourth-order valence-electron chi connectivity index (χ4n) is 1.66. The Balaban J connectivity index is 2.13. The first-order valence-electron chi connectivity index (χ1n) is 5.69. The zero-order valence-electron chi connectivity index (χ0n) is 10.5. The zero-order valence-corrected chi connectivity index (χ0v) is 12.9. The number of carbonyl (C=O) groups excluding carboxylic acids is 1. The molecular weight excluding hydrogens is 350 g/mol. The molecule has 0 aliphatic heterocycles. The first-order chi connectivity index (χ1) is 9.47. The smallest absolute Gasteiger partial charge is 0.221 e. The van der Waals surface area contributed by atoms with E-state index in [1.54, 1.807) is 11.4 Å². The number of rotatable bonds is 4. The van der Waals surface area contributed by atoms with Gasteiger partial charge in [0.1, 0.15) is 17.3 Å². The van der Waals surface area contributed by atoms with Gasteiger partial charge in [0.2, 0.25) is 5.91 Å². The molecule has 3 nitrogen and oxygen atoms in total. The summed E-state index contributed by atoms with van der Waals surface area (Å²) in [5.74, 6) is -1.53. The molecule has 0 fully saturated rings. The molecule has 2 N–H and O–H groups in total. The third-order valence-corrected chi connectivity index (χ3v) is 3.87. The number of amides is 1. The van der Waals surface area contributed by atoms with Crippen molar-refractivity contribution in [2.24, 2.45) is 0 Å². The van der Waals surface area contributed by atoms with Crippen molar-refractivity contribution in [3.05, 3.63) is 44.6 Å². The molecule has 1 amide bonds. The number of thiophene rings is 1. The molecule has 0 saturated carbocycles. The van der Waals surface area contributed by atoms with Crippen molar-refractivity contribution in [3.8, 4) is 0 Å². The van der Waals surface area contributed by atoms with Crippen molar-refractivity contribution in [2.75, 3.05) is 10.6 Å². The molecule has 0 spiro atoms. The molecule has 2 rings (SSSR count). The van der Waals surface area contributed by atoms with Crippen LogP contribution < -0.4 is 10.6 Å².